The van der Waals surface area contributed by atoms with Gasteiger partial charge >= 0.3 is 5.97 Å². The molecule has 4 heteroatoms. The number of esters is 1. The summed E-state index contributed by atoms with van der Waals surface area (Å²) in [5.74, 6) is 1.40. The lowest BCUT2D eigenvalue weighted by Gasteiger charge is -2.06. The molecular formula is C18H18O4. The van der Waals surface area contributed by atoms with E-state index in [-0.39, 0.29) is 0 Å². The van der Waals surface area contributed by atoms with Crippen molar-refractivity contribution in [3.63, 3.8) is 0 Å². The minimum atomic E-state index is -0.438. The smallest absolute Gasteiger partial charge is 0.336 e. The number of ether oxygens (including phenoxy) is 3. The lowest BCUT2D eigenvalue weighted by atomic mass is 10.2. The monoisotopic (exact) mass is 298 g/mol. The maximum absolute atomic E-state index is 11.8. The fraction of sp³-hybridized carbons (Fsp3) is 0.167. The van der Waals surface area contributed by atoms with E-state index in [1.807, 2.05) is 19.1 Å². The molecule has 114 valence electrons. The van der Waals surface area contributed by atoms with Gasteiger partial charge in [-0.3, -0.25) is 0 Å². The zero-order chi connectivity index (χ0) is 15.9. The Hall–Kier alpha value is -2.75. The van der Waals surface area contributed by atoms with E-state index in [4.69, 9.17) is 14.2 Å². The predicted molar refractivity (Wildman–Crippen MR) is 85.4 cm³/mol. The molecule has 0 bridgehead atoms. The first-order valence-corrected chi connectivity index (χ1v) is 6.80. The Kier molecular flexibility index (Phi) is 5.20. The Morgan fingerprint density at radius 3 is 2.23 bits per heavy atom. The minimum absolute atomic E-state index is 0.438. The van der Waals surface area contributed by atoms with Crippen LogP contribution in [-0.2, 0) is 4.79 Å². The average molecular weight is 298 g/mol. The molecule has 0 spiro atoms. The normalized spacial score (nSPS) is 10.5. The van der Waals surface area contributed by atoms with Crippen molar-refractivity contribution in [2.24, 2.45) is 0 Å². The van der Waals surface area contributed by atoms with E-state index in [1.165, 1.54) is 6.08 Å². The molecule has 0 heterocycles. The summed E-state index contributed by atoms with van der Waals surface area (Å²) in [6.45, 7) is 1.94. The van der Waals surface area contributed by atoms with Crippen molar-refractivity contribution >= 4 is 12.0 Å². The molecule has 0 aliphatic heterocycles. The summed E-state index contributed by atoms with van der Waals surface area (Å²) in [5, 5.41) is 0. The van der Waals surface area contributed by atoms with Crippen LogP contribution < -0.4 is 14.2 Å². The highest BCUT2D eigenvalue weighted by molar-refractivity contribution is 5.88. The predicted octanol–water partition coefficient (Wildman–Crippen LogP) is 3.63. The van der Waals surface area contributed by atoms with Crippen LogP contribution in [0.15, 0.2) is 48.5 Å². The SMILES string of the molecule is COc1cc(/C=C/C(=O)Oc2cccc(C)c2)cc(OC)c1. The Bertz CT molecular complexity index is 667. The van der Waals surface area contributed by atoms with Crippen LogP contribution >= 0.6 is 0 Å². The summed E-state index contributed by atoms with van der Waals surface area (Å²) in [6, 6.07) is 12.7. The number of carbonyl (C=O) groups excluding carboxylic acids is 1. The number of benzene rings is 2. The van der Waals surface area contributed by atoms with Crippen LogP contribution in [0.25, 0.3) is 6.08 Å². The average Bonchev–Trinajstić information content (AvgIpc) is 2.52. The standard InChI is InChI=1S/C18H18O4/c1-13-5-4-6-15(9-13)22-18(19)8-7-14-10-16(20-2)12-17(11-14)21-3/h4-12H,1-3H3/b8-7+. The molecular weight excluding hydrogens is 280 g/mol. The molecule has 0 aliphatic carbocycles. The van der Waals surface area contributed by atoms with Crippen molar-refractivity contribution in [3.05, 3.63) is 59.7 Å². The van der Waals surface area contributed by atoms with Gasteiger partial charge in [0.25, 0.3) is 0 Å². The van der Waals surface area contributed by atoms with Crippen LogP contribution in [0.4, 0.5) is 0 Å². The second kappa shape index (κ2) is 7.31. The zero-order valence-corrected chi connectivity index (χ0v) is 12.8. The van der Waals surface area contributed by atoms with Gasteiger partial charge in [0.05, 0.1) is 14.2 Å². The van der Waals surface area contributed by atoms with Crippen LogP contribution in [0.3, 0.4) is 0 Å². The molecule has 2 rings (SSSR count). The van der Waals surface area contributed by atoms with Gasteiger partial charge in [-0.1, -0.05) is 12.1 Å². The van der Waals surface area contributed by atoms with E-state index in [0.717, 1.165) is 11.1 Å². The topological polar surface area (TPSA) is 44.8 Å². The van der Waals surface area contributed by atoms with Crippen molar-refractivity contribution in [2.75, 3.05) is 14.2 Å². The highest BCUT2D eigenvalue weighted by atomic mass is 16.5. The van der Waals surface area contributed by atoms with Crippen LogP contribution in [0, 0.1) is 6.92 Å². The first-order chi connectivity index (χ1) is 10.6. The molecule has 2 aromatic carbocycles. The van der Waals surface area contributed by atoms with Crippen molar-refractivity contribution in [1.29, 1.82) is 0 Å². The second-order valence-corrected chi connectivity index (χ2v) is 4.72. The summed E-state index contributed by atoms with van der Waals surface area (Å²) >= 11 is 0. The molecule has 0 radical (unpaired) electrons. The van der Waals surface area contributed by atoms with Gasteiger partial charge in [0.1, 0.15) is 17.2 Å². The molecule has 22 heavy (non-hydrogen) atoms. The highest BCUT2D eigenvalue weighted by Gasteiger charge is 2.02. The van der Waals surface area contributed by atoms with E-state index >= 15 is 0 Å². The maximum Gasteiger partial charge on any atom is 0.336 e. The Morgan fingerprint density at radius 2 is 1.64 bits per heavy atom. The van der Waals surface area contributed by atoms with Crippen LogP contribution in [0.1, 0.15) is 11.1 Å². The summed E-state index contributed by atoms with van der Waals surface area (Å²) in [7, 11) is 3.16. The van der Waals surface area contributed by atoms with Gasteiger partial charge in [-0.05, 0) is 48.4 Å². The summed E-state index contributed by atoms with van der Waals surface area (Å²) in [5.41, 5.74) is 1.82. The second-order valence-electron chi connectivity index (χ2n) is 4.72. The summed E-state index contributed by atoms with van der Waals surface area (Å²) < 4.78 is 15.6. The van der Waals surface area contributed by atoms with Crippen LogP contribution in [-0.4, -0.2) is 20.2 Å². The molecule has 4 nitrogen and oxygen atoms in total. The first-order valence-electron chi connectivity index (χ1n) is 6.80. The van der Waals surface area contributed by atoms with Gasteiger partial charge in [-0.25, -0.2) is 4.79 Å². The van der Waals surface area contributed by atoms with Crippen molar-refractivity contribution in [3.8, 4) is 17.2 Å². The van der Waals surface area contributed by atoms with Gasteiger partial charge in [-0.15, -0.1) is 0 Å². The van der Waals surface area contributed by atoms with E-state index in [9.17, 15) is 4.79 Å². The first kappa shape index (κ1) is 15.6. The number of rotatable bonds is 5. The van der Waals surface area contributed by atoms with Gasteiger partial charge in [0, 0.05) is 12.1 Å². The van der Waals surface area contributed by atoms with Gasteiger partial charge in [0.15, 0.2) is 0 Å². The minimum Gasteiger partial charge on any atom is -0.497 e. The molecule has 0 aromatic heterocycles. The maximum atomic E-state index is 11.8. The molecule has 0 unspecified atom stereocenters. The fourth-order valence-corrected chi connectivity index (χ4v) is 1.92. The molecule has 0 fully saturated rings. The third-order valence-electron chi connectivity index (χ3n) is 2.99. The quantitative estimate of drug-likeness (QED) is 0.480. The van der Waals surface area contributed by atoms with Crippen LogP contribution in [0.5, 0.6) is 17.2 Å². The fourth-order valence-electron chi connectivity index (χ4n) is 1.92. The lowest BCUT2D eigenvalue weighted by molar-refractivity contribution is -0.128. The lowest BCUT2D eigenvalue weighted by Crippen LogP contribution is -2.03. The van der Waals surface area contributed by atoms with E-state index in [1.54, 1.807) is 50.6 Å². The molecule has 2 aromatic rings. The van der Waals surface area contributed by atoms with E-state index in [2.05, 4.69) is 0 Å². The summed E-state index contributed by atoms with van der Waals surface area (Å²) in [6.07, 6.45) is 3.03. The van der Waals surface area contributed by atoms with E-state index in [0.29, 0.717) is 17.2 Å². The summed E-state index contributed by atoms with van der Waals surface area (Å²) in [4.78, 5) is 11.8. The number of carbonyl (C=O) groups is 1. The van der Waals surface area contributed by atoms with Crippen molar-refractivity contribution in [1.82, 2.24) is 0 Å². The largest absolute Gasteiger partial charge is 0.497 e. The number of aryl methyl sites for hydroxylation is 1. The highest BCUT2D eigenvalue weighted by Crippen LogP contribution is 2.23. The molecule has 0 saturated heterocycles. The number of methoxy groups -OCH3 is 2. The molecule has 0 amide bonds. The molecule has 0 atom stereocenters. The van der Waals surface area contributed by atoms with Crippen molar-refractivity contribution < 1.29 is 19.0 Å². The molecule has 0 N–H and O–H groups in total. The van der Waals surface area contributed by atoms with Crippen molar-refractivity contribution in [2.45, 2.75) is 6.92 Å². The van der Waals surface area contributed by atoms with Crippen LogP contribution in [0.2, 0.25) is 0 Å². The molecule has 0 aliphatic rings. The third kappa shape index (κ3) is 4.38. The number of hydrogen-bond donors (Lipinski definition) is 0. The Balaban J connectivity index is 2.09. The van der Waals surface area contributed by atoms with Gasteiger partial charge in [0.2, 0.25) is 0 Å². The number of hydrogen-bond acceptors (Lipinski definition) is 4. The molecule has 0 saturated carbocycles. The van der Waals surface area contributed by atoms with Gasteiger partial charge < -0.3 is 14.2 Å². The third-order valence-corrected chi connectivity index (χ3v) is 2.99. The zero-order valence-electron chi connectivity index (χ0n) is 12.8. The Labute approximate surface area is 129 Å². The Morgan fingerprint density at radius 1 is 0.955 bits per heavy atom. The van der Waals surface area contributed by atoms with E-state index < -0.39 is 5.97 Å². The van der Waals surface area contributed by atoms with Gasteiger partial charge in [-0.2, -0.15) is 0 Å².